The van der Waals surface area contributed by atoms with Crippen molar-refractivity contribution in [2.75, 3.05) is 33.3 Å². The number of benzene rings is 1. The molecule has 2 aliphatic heterocycles. The van der Waals surface area contributed by atoms with Gasteiger partial charge in [0.1, 0.15) is 0 Å². The largest absolute Gasteiger partial charge is 0.465 e. The summed E-state index contributed by atoms with van der Waals surface area (Å²) in [5.74, 6) is 0.734. The van der Waals surface area contributed by atoms with E-state index in [0.29, 0.717) is 23.0 Å². The van der Waals surface area contributed by atoms with Crippen molar-refractivity contribution < 1.29 is 14.3 Å². The van der Waals surface area contributed by atoms with Crippen LogP contribution in [0.15, 0.2) is 24.3 Å². The van der Waals surface area contributed by atoms with E-state index in [2.05, 4.69) is 10.1 Å². The summed E-state index contributed by atoms with van der Waals surface area (Å²) in [6, 6.07) is 6.74. The zero-order valence-electron chi connectivity index (χ0n) is 11.5. The van der Waals surface area contributed by atoms with Crippen LogP contribution >= 0.6 is 0 Å². The molecular formula is C15H18N2O3. The van der Waals surface area contributed by atoms with E-state index in [1.165, 1.54) is 7.11 Å². The molecule has 0 aromatic heterocycles. The highest BCUT2D eigenvalue weighted by atomic mass is 16.5. The number of hydrogen-bond donors (Lipinski definition) is 1. The summed E-state index contributed by atoms with van der Waals surface area (Å²) in [7, 11) is 1.34. The number of nitrogens with one attached hydrogen (secondary N) is 1. The van der Waals surface area contributed by atoms with E-state index in [1.807, 2.05) is 4.90 Å². The van der Waals surface area contributed by atoms with Crippen LogP contribution in [-0.2, 0) is 4.74 Å². The van der Waals surface area contributed by atoms with Gasteiger partial charge in [0, 0.05) is 31.7 Å². The predicted octanol–water partition coefficient (Wildman–Crippen LogP) is 0.765. The molecule has 1 N–H and O–H groups in total. The number of hydrogen-bond acceptors (Lipinski definition) is 4. The number of carbonyl (C=O) groups is 2. The van der Waals surface area contributed by atoms with Gasteiger partial charge in [0.2, 0.25) is 0 Å². The number of carbonyl (C=O) groups excluding carboxylic acids is 2. The van der Waals surface area contributed by atoms with Gasteiger partial charge < -0.3 is 15.0 Å². The number of nitrogens with zero attached hydrogens (tertiary/aromatic N) is 1. The Morgan fingerprint density at radius 2 is 1.85 bits per heavy atom. The number of ether oxygens (including phenoxy) is 1. The lowest BCUT2D eigenvalue weighted by molar-refractivity contribution is 0.0600. The molecule has 2 atom stereocenters. The summed E-state index contributed by atoms with van der Waals surface area (Å²) in [6.45, 7) is 3.60. The number of methoxy groups -OCH3 is 1. The molecule has 0 aliphatic carbocycles. The molecule has 2 unspecified atom stereocenters. The van der Waals surface area contributed by atoms with Crippen molar-refractivity contribution >= 4 is 11.9 Å². The van der Waals surface area contributed by atoms with Gasteiger partial charge in [-0.3, -0.25) is 4.79 Å². The summed E-state index contributed by atoms with van der Waals surface area (Å²) in [4.78, 5) is 25.9. The van der Waals surface area contributed by atoms with Crippen LogP contribution in [-0.4, -0.2) is 50.1 Å². The van der Waals surface area contributed by atoms with Crippen LogP contribution in [0, 0.1) is 11.8 Å². The Balaban J connectivity index is 1.76. The van der Waals surface area contributed by atoms with Crippen molar-refractivity contribution in [1.82, 2.24) is 10.2 Å². The van der Waals surface area contributed by atoms with Gasteiger partial charge in [-0.1, -0.05) is 6.07 Å². The lowest BCUT2D eigenvalue weighted by atomic mass is 10.0. The standard InChI is InChI=1S/C15H18N2O3/c1-20-15(19)11-4-2-3-10(5-11)14(18)17-8-12-6-16-7-13(12)9-17/h2-5,12-13,16H,6-9H2,1H3. The van der Waals surface area contributed by atoms with Crippen LogP contribution in [0.3, 0.4) is 0 Å². The highest BCUT2D eigenvalue weighted by molar-refractivity contribution is 5.98. The Morgan fingerprint density at radius 3 is 2.50 bits per heavy atom. The maximum absolute atomic E-state index is 12.5. The highest BCUT2D eigenvalue weighted by Crippen LogP contribution is 2.27. The van der Waals surface area contributed by atoms with E-state index >= 15 is 0 Å². The van der Waals surface area contributed by atoms with E-state index in [-0.39, 0.29) is 5.91 Å². The van der Waals surface area contributed by atoms with Crippen LogP contribution < -0.4 is 5.32 Å². The predicted molar refractivity (Wildman–Crippen MR) is 73.5 cm³/mol. The summed E-state index contributed by atoms with van der Waals surface area (Å²) >= 11 is 0. The smallest absolute Gasteiger partial charge is 0.337 e. The molecule has 0 bridgehead atoms. The third-order valence-electron chi connectivity index (χ3n) is 4.21. The van der Waals surface area contributed by atoms with Crippen LogP contribution in [0.5, 0.6) is 0 Å². The molecule has 2 fully saturated rings. The molecule has 0 radical (unpaired) electrons. The van der Waals surface area contributed by atoms with Gasteiger partial charge >= 0.3 is 5.97 Å². The van der Waals surface area contributed by atoms with Crippen molar-refractivity contribution in [3.05, 3.63) is 35.4 Å². The van der Waals surface area contributed by atoms with Crippen molar-refractivity contribution in [2.24, 2.45) is 11.8 Å². The summed E-state index contributed by atoms with van der Waals surface area (Å²) in [5.41, 5.74) is 0.972. The fourth-order valence-corrected chi connectivity index (χ4v) is 3.10. The molecule has 1 aromatic rings. The van der Waals surface area contributed by atoms with Crippen LogP contribution in [0.25, 0.3) is 0 Å². The lowest BCUT2D eigenvalue weighted by Gasteiger charge is -2.17. The molecule has 106 valence electrons. The van der Waals surface area contributed by atoms with E-state index in [4.69, 9.17) is 0 Å². The van der Waals surface area contributed by atoms with Crippen LogP contribution in [0.1, 0.15) is 20.7 Å². The molecule has 2 saturated heterocycles. The van der Waals surface area contributed by atoms with Gasteiger partial charge in [0.25, 0.3) is 5.91 Å². The Kier molecular flexibility index (Phi) is 3.44. The van der Waals surface area contributed by atoms with E-state index in [9.17, 15) is 9.59 Å². The van der Waals surface area contributed by atoms with Gasteiger partial charge in [-0.05, 0) is 30.0 Å². The molecule has 5 heteroatoms. The maximum atomic E-state index is 12.5. The maximum Gasteiger partial charge on any atom is 0.337 e. The molecule has 0 saturated carbocycles. The fourth-order valence-electron chi connectivity index (χ4n) is 3.10. The molecule has 20 heavy (non-hydrogen) atoms. The van der Waals surface area contributed by atoms with Gasteiger partial charge in [0.15, 0.2) is 0 Å². The molecule has 2 aliphatic rings. The Labute approximate surface area is 117 Å². The van der Waals surface area contributed by atoms with Crippen molar-refractivity contribution in [3.8, 4) is 0 Å². The molecule has 2 heterocycles. The van der Waals surface area contributed by atoms with Gasteiger partial charge in [-0.2, -0.15) is 0 Å². The molecular weight excluding hydrogens is 256 g/mol. The minimum absolute atomic E-state index is 0.00477. The van der Waals surface area contributed by atoms with E-state index in [0.717, 1.165) is 26.2 Å². The first-order chi connectivity index (χ1) is 9.69. The normalized spacial score (nSPS) is 24.6. The van der Waals surface area contributed by atoms with Gasteiger partial charge in [0.05, 0.1) is 12.7 Å². The number of rotatable bonds is 2. The Hall–Kier alpha value is -1.88. The van der Waals surface area contributed by atoms with Gasteiger partial charge in [-0.15, -0.1) is 0 Å². The summed E-state index contributed by atoms with van der Waals surface area (Å²) < 4.78 is 4.69. The topological polar surface area (TPSA) is 58.6 Å². The third kappa shape index (κ3) is 2.29. The highest BCUT2D eigenvalue weighted by Gasteiger charge is 2.38. The number of fused-ring (bicyclic) bond motifs is 1. The average molecular weight is 274 g/mol. The van der Waals surface area contributed by atoms with Crippen LogP contribution in [0.2, 0.25) is 0 Å². The quantitative estimate of drug-likeness (QED) is 0.809. The van der Waals surface area contributed by atoms with Crippen LogP contribution in [0.4, 0.5) is 0 Å². The molecule has 1 amide bonds. The molecule has 3 rings (SSSR count). The first-order valence-electron chi connectivity index (χ1n) is 6.87. The van der Waals surface area contributed by atoms with Gasteiger partial charge in [-0.25, -0.2) is 4.79 Å². The second kappa shape index (κ2) is 5.25. The SMILES string of the molecule is COC(=O)c1cccc(C(=O)N2CC3CNCC3C2)c1. The van der Waals surface area contributed by atoms with E-state index < -0.39 is 5.97 Å². The average Bonchev–Trinajstić information content (AvgIpc) is 3.07. The van der Waals surface area contributed by atoms with Crippen molar-refractivity contribution in [1.29, 1.82) is 0 Å². The summed E-state index contributed by atoms with van der Waals surface area (Å²) in [5, 5.41) is 3.36. The minimum atomic E-state index is -0.415. The van der Waals surface area contributed by atoms with Crippen molar-refractivity contribution in [2.45, 2.75) is 0 Å². The summed E-state index contributed by atoms with van der Waals surface area (Å²) in [6.07, 6.45) is 0. The fraction of sp³-hybridized carbons (Fsp3) is 0.467. The van der Waals surface area contributed by atoms with Crippen molar-refractivity contribution in [3.63, 3.8) is 0 Å². The first kappa shape index (κ1) is 13.1. The lowest BCUT2D eigenvalue weighted by Crippen LogP contribution is -2.31. The third-order valence-corrected chi connectivity index (χ3v) is 4.21. The Bertz CT molecular complexity index is 532. The number of esters is 1. The number of amides is 1. The zero-order valence-corrected chi connectivity index (χ0v) is 11.5. The number of likely N-dealkylation sites (tertiary alicyclic amines) is 1. The monoisotopic (exact) mass is 274 g/mol. The first-order valence-corrected chi connectivity index (χ1v) is 6.87. The molecule has 5 nitrogen and oxygen atoms in total. The Morgan fingerprint density at radius 1 is 1.20 bits per heavy atom. The second-order valence-electron chi connectivity index (χ2n) is 5.46. The van der Waals surface area contributed by atoms with E-state index in [1.54, 1.807) is 24.3 Å². The minimum Gasteiger partial charge on any atom is -0.465 e. The second-order valence-corrected chi connectivity index (χ2v) is 5.46. The zero-order chi connectivity index (χ0) is 14.1. The molecule has 1 aromatic carbocycles. The molecule has 0 spiro atoms.